The largest absolute Gasteiger partial charge is 0.372 e. The van der Waals surface area contributed by atoms with Crippen LogP contribution in [0, 0.1) is 0 Å². The van der Waals surface area contributed by atoms with Gasteiger partial charge < -0.3 is 7.80 Å². The summed E-state index contributed by atoms with van der Waals surface area (Å²) in [5.41, 5.74) is -0.336. The maximum atomic E-state index is 5.80. The standard InChI is InChI=1S/C6H9BI2O3S2/c7-2-1-10-4(6(14)12-9)3(11-8)5(2)13/h2-6,13-14H,1H2. The van der Waals surface area contributed by atoms with E-state index >= 15 is 0 Å². The zero-order chi connectivity index (χ0) is 10.7. The number of ether oxygens (including phenoxy) is 1. The average Bonchev–Trinajstić information content (AvgIpc) is 2.20. The van der Waals surface area contributed by atoms with Gasteiger partial charge in [-0.15, -0.1) is 12.6 Å². The normalized spacial score (nSPS) is 40.9. The minimum atomic E-state index is -0.336. The number of rotatable bonds is 3. The molecule has 3 nitrogen and oxygen atoms in total. The van der Waals surface area contributed by atoms with E-state index in [-0.39, 0.29) is 28.7 Å². The Balaban J connectivity index is 2.66. The Bertz CT molecular complexity index is 190. The van der Waals surface area contributed by atoms with E-state index in [1.54, 1.807) is 23.0 Å². The van der Waals surface area contributed by atoms with Crippen molar-refractivity contribution in [3.05, 3.63) is 0 Å². The van der Waals surface area contributed by atoms with Crippen LogP contribution in [0.4, 0.5) is 0 Å². The highest BCUT2D eigenvalue weighted by atomic mass is 127. The molecule has 0 bridgehead atoms. The van der Waals surface area contributed by atoms with Crippen LogP contribution >= 0.6 is 71.3 Å². The van der Waals surface area contributed by atoms with Crippen molar-refractivity contribution in [3.8, 4) is 0 Å². The molecule has 80 valence electrons. The van der Waals surface area contributed by atoms with Gasteiger partial charge >= 0.3 is 0 Å². The Kier molecular flexibility index (Phi) is 6.83. The van der Waals surface area contributed by atoms with Crippen molar-refractivity contribution in [2.75, 3.05) is 6.61 Å². The fourth-order valence-corrected chi connectivity index (χ4v) is 2.95. The summed E-state index contributed by atoms with van der Waals surface area (Å²) in [5.74, 6) is -0.121. The molecule has 0 saturated carbocycles. The lowest BCUT2D eigenvalue weighted by Crippen LogP contribution is -2.49. The molecule has 0 aromatic carbocycles. The number of hydrogen-bond donors (Lipinski definition) is 2. The first-order valence-electron chi connectivity index (χ1n) is 3.90. The molecule has 8 heteroatoms. The summed E-state index contributed by atoms with van der Waals surface area (Å²) in [6, 6.07) is 0. The van der Waals surface area contributed by atoms with Gasteiger partial charge in [-0.2, -0.15) is 12.6 Å². The minimum Gasteiger partial charge on any atom is -0.372 e. The highest BCUT2D eigenvalue weighted by Gasteiger charge is 2.40. The molecule has 0 aromatic rings. The van der Waals surface area contributed by atoms with E-state index in [1.807, 2.05) is 23.0 Å². The van der Waals surface area contributed by atoms with Crippen molar-refractivity contribution in [2.24, 2.45) is 0 Å². The molecule has 1 saturated heterocycles. The minimum absolute atomic E-state index is 0.0631. The van der Waals surface area contributed by atoms with Crippen molar-refractivity contribution in [1.29, 1.82) is 0 Å². The molecule has 0 amide bonds. The third-order valence-corrected chi connectivity index (χ3v) is 4.67. The van der Waals surface area contributed by atoms with Crippen LogP contribution in [0.3, 0.4) is 0 Å². The topological polar surface area (TPSA) is 27.7 Å². The summed E-state index contributed by atoms with van der Waals surface area (Å²) in [6.07, 6.45) is -0.450. The molecular formula is C6H9BI2O3S2. The zero-order valence-electron chi connectivity index (χ0n) is 7.05. The van der Waals surface area contributed by atoms with Crippen LogP contribution in [0.2, 0.25) is 5.82 Å². The van der Waals surface area contributed by atoms with Crippen LogP contribution in [0.25, 0.3) is 0 Å². The summed E-state index contributed by atoms with van der Waals surface area (Å²) >= 11 is 12.2. The average molecular weight is 458 g/mol. The molecule has 1 aliphatic rings. The Morgan fingerprint density at radius 3 is 2.64 bits per heavy atom. The first kappa shape index (κ1) is 14.2. The molecule has 5 unspecified atom stereocenters. The molecule has 0 aliphatic carbocycles. The second-order valence-corrected chi connectivity index (χ2v) is 5.11. The lowest BCUT2D eigenvalue weighted by molar-refractivity contribution is -0.0657. The molecule has 1 heterocycles. The quantitative estimate of drug-likeness (QED) is 0.294. The van der Waals surface area contributed by atoms with Gasteiger partial charge in [0.2, 0.25) is 0 Å². The fourth-order valence-electron chi connectivity index (χ4n) is 1.25. The van der Waals surface area contributed by atoms with Gasteiger partial charge in [-0.3, -0.25) is 3.07 Å². The summed E-state index contributed by atoms with van der Waals surface area (Å²) in [7, 11) is 5.80. The molecule has 2 radical (unpaired) electrons. The lowest BCUT2D eigenvalue weighted by Gasteiger charge is -2.39. The Morgan fingerprint density at radius 1 is 1.50 bits per heavy atom. The van der Waals surface area contributed by atoms with Gasteiger partial charge in [0.15, 0.2) is 0 Å². The van der Waals surface area contributed by atoms with Gasteiger partial charge in [0.25, 0.3) is 0 Å². The molecule has 14 heavy (non-hydrogen) atoms. The summed E-state index contributed by atoms with van der Waals surface area (Å²) in [4.78, 5) is 0. The van der Waals surface area contributed by atoms with Gasteiger partial charge in [0.05, 0.1) is 7.85 Å². The van der Waals surface area contributed by atoms with E-state index in [2.05, 4.69) is 25.3 Å². The third-order valence-electron chi connectivity index (χ3n) is 2.06. The van der Waals surface area contributed by atoms with Crippen molar-refractivity contribution in [3.63, 3.8) is 0 Å². The van der Waals surface area contributed by atoms with Crippen molar-refractivity contribution in [2.45, 2.75) is 28.7 Å². The molecule has 0 spiro atoms. The van der Waals surface area contributed by atoms with Crippen LogP contribution in [0.1, 0.15) is 0 Å². The third kappa shape index (κ3) is 3.30. The highest BCUT2D eigenvalue weighted by molar-refractivity contribution is 14.1. The van der Waals surface area contributed by atoms with Crippen LogP contribution in [0.15, 0.2) is 0 Å². The maximum Gasteiger partial charge on any atom is 0.141 e. The molecule has 0 aromatic heterocycles. The number of hydrogen-bond acceptors (Lipinski definition) is 5. The first-order chi connectivity index (χ1) is 6.61. The second kappa shape index (κ2) is 6.75. The van der Waals surface area contributed by atoms with Crippen LogP contribution in [-0.4, -0.2) is 37.3 Å². The van der Waals surface area contributed by atoms with Crippen LogP contribution in [-0.2, 0) is 10.9 Å². The van der Waals surface area contributed by atoms with E-state index in [0.29, 0.717) is 6.61 Å². The SMILES string of the molecule is [B]C1COC(C(S)OI)C(OI)C1S. The first-order valence-corrected chi connectivity index (χ1v) is 6.69. The van der Waals surface area contributed by atoms with E-state index in [9.17, 15) is 0 Å². The van der Waals surface area contributed by atoms with Gasteiger partial charge in [0.1, 0.15) is 63.7 Å². The van der Waals surface area contributed by atoms with Crippen molar-refractivity contribution >= 4 is 79.1 Å². The maximum absolute atomic E-state index is 5.80. The molecule has 0 N–H and O–H groups in total. The zero-order valence-corrected chi connectivity index (χ0v) is 13.2. The Hall–Kier alpha value is 2.10. The van der Waals surface area contributed by atoms with E-state index in [4.69, 9.17) is 18.7 Å². The monoisotopic (exact) mass is 458 g/mol. The molecule has 5 atom stereocenters. The number of halogens is 2. The van der Waals surface area contributed by atoms with Crippen LogP contribution in [0.5, 0.6) is 0 Å². The smallest absolute Gasteiger partial charge is 0.141 e. The predicted molar refractivity (Wildman–Crippen MR) is 78.8 cm³/mol. The Morgan fingerprint density at radius 2 is 2.14 bits per heavy atom. The van der Waals surface area contributed by atoms with Gasteiger partial charge in [-0.05, 0) is 5.82 Å². The summed E-state index contributed by atoms with van der Waals surface area (Å²) in [6.45, 7) is 0.451. The van der Waals surface area contributed by atoms with E-state index in [0.717, 1.165) is 0 Å². The molecule has 1 rings (SSSR count). The van der Waals surface area contributed by atoms with E-state index in [1.165, 1.54) is 0 Å². The lowest BCUT2D eigenvalue weighted by atomic mass is 9.80. The van der Waals surface area contributed by atoms with Crippen molar-refractivity contribution in [1.82, 2.24) is 0 Å². The van der Waals surface area contributed by atoms with Gasteiger partial charge in [-0.1, -0.05) is 0 Å². The predicted octanol–water partition coefficient (Wildman–Crippen LogP) is 2.00. The molecular weight excluding hydrogens is 449 g/mol. The second-order valence-electron chi connectivity index (χ2n) is 2.99. The fraction of sp³-hybridized carbons (Fsp3) is 1.00. The van der Waals surface area contributed by atoms with E-state index < -0.39 is 0 Å². The summed E-state index contributed by atoms with van der Waals surface area (Å²) in [5, 5.41) is -0.0631. The molecule has 1 aliphatic heterocycles. The van der Waals surface area contributed by atoms with Gasteiger partial charge in [0, 0.05) is 11.9 Å². The van der Waals surface area contributed by atoms with Crippen molar-refractivity contribution < 1.29 is 10.9 Å². The highest BCUT2D eigenvalue weighted by Crippen LogP contribution is 2.33. The van der Waals surface area contributed by atoms with Crippen LogP contribution < -0.4 is 0 Å². The summed E-state index contributed by atoms with van der Waals surface area (Å²) < 4.78 is 15.8. The van der Waals surface area contributed by atoms with Gasteiger partial charge in [-0.25, -0.2) is 0 Å². The Labute approximate surface area is 124 Å². The number of thiol groups is 2. The molecule has 1 fully saturated rings.